The van der Waals surface area contributed by atoms with E-state index >= 15 is 0 Å². The van der Waals surface area contributed by atoms with Gasteiger partial charge in [0.1, 0.15) is 5.75 Å². The first-order valence-corrected chi connectivity index (χ1v) is 7.99. The number of carbonyl (C=O) groups excluding carboxylic acids is 2. The maximum Gasteiger partial charge on any atom is 0.267 e. The first kappa shape index (κ1) is 16.0. The molecule has 1 saturated heterocycles. The van der Waals surface area contributed by atoms with Gasteiger partial charge in [-0.2, -0.15) is 0 Å². The van der Waals surface area contributed by atoms with Crippen molar-refractivity contribution in [3.8, 4) is 5.75 Å². The van der Waals surface area contributed by atoms with Crippen molar-refractivity contribution in [2.24, 2.45) is 0 Å². The number of carbonyl (C=O) groups is 2. The van der Waals surface area contributed by atoms with Crippen LogP contribution in [0.1, 0.15) is 24.2 Å². The fraction of sp³-hybridized carbons (Fsp3) is 0.529. The van der Waals surface area contributed by atoms with E-state index in [4.69, 9.17) is 9.47 Å². The van der Waals surface area contributed by atoms with Crippen LogP contribution in [-0.2, 0) is 9.53 Å². The molecule has 124 valence electrons. The quantitative estimate of drug-likeness (QED) is 0.784. The van der Waals surface area contributed by atoms with E-state index in [0.717, 1.165) is 32.8 Å². The SMILES string of the molecule is CC(=O)c1ccc2c(c1)N(CCN1CCOCC1)C(=O)C(C)O2. The molecule has 6 nitrogen and oxygen atoms in total. The maximum absolute atomic E-state index is 12.5. The Balaban J connectivity index is 1.81. The highest BCUT2D eigenvalue weighted by Crippen LogP contribution is 2.35. The van der Waals surface area contributed by atoms with Crippen molar-refractivity contribution in [1.82, 2.24) is 4.90 Å². The van der Waals surface area contributed by atoms with E-state index in [0.29, 0.717) is 23.5 Å². The molecule has 1 amide bonds. The highest BCUT2D eigenvalue weighted by Gasteiger charge is 2.32. The summed E-state index contributed by atoms with van der Waals surface area (Å²) in [6.45, 7) is 7.88. The Morgan fingerprint density at radius 1 is 1.26 bits per heavy atom. The van der Waals surface area contributed by atoms with Crippen LogP contribution >= 0.6 is 0 Å². The molecule has 1 aromatic rings. The summed E-state index contributed by atoms with van der Waals surface area (Å²) in [5, 5.41) is 0. The van der Waals surface area contributed by atoms with E-state index in [1.165, 1.54) is 6.92 Å². The Morgan fingerprint density at radius 2 is 2.00 bits per heavy atom. The molecule has 0 saturated carbocycles. The van der Waals surface area contributed by atoms with E-state index < -0.39 is 6.10 Å². The highest BCUT2D eigenvalue weighted by molar-refractivity contribution is 6.02. The van der Waals surface area contributed by atoms with Gasteiger partial charge in [0.15, 0.2) is 11.9 Å². The average molecular weight is 318 g/mol. The number of rotatable bonds is 4. The van der Waals surface area contributed by atoms with Crippen LogP contribution in [0.25, 0.3) is 0 Å². The number of ketones is 1. The Bertz CT molecular complexity index is 611. The van der Waals surface area contributed by atoms with Gasteiger partial charge in [0.05, 0.1) is 18.9 Å². The molecule has 3 rings (SSSR count). The van der Waals surface area contributed by atoms with Crippen molar-refractivity contribution in [3.05, 3.63) is 23.8 Å². The number of morpholine rings is 1. The number of benzene rings is 1. The number of anilines is 1. The molecule has 0 radical (unpaired) electrons. The van der Waals surface area contributed by atoms with Crippen LogP contribution < -0.4 is 9.64 Å². The first-order chi connectivity index (χ1) is 11.1. The van der Waals surface area contributed by atoms with Gasteiger partial charge in [0.2, 0.25) is 0 Å². The van der Waals surface area contributed by atoms with Crippen molar-refractivity contribution >= 4 is 17.4 Å². The van der Waals surface area contributed by atoms with Gasteiger partial charge in [-0.05, 0) is 32.0 Å². The second kappa shape index (κ2) is 6.68. The molecule has 1 fully saturated rings. The van der Waals surface area contributed by atoms with Crippen LogP contribution in [0.2, 0.25) is 0 Å². The van der Waals surface area contributed by atoms with Crippen LogP contribution in [0, 0.1) is 0 Å². The zero-order valence-corrected chi connectivity index (χ0v) is 13.6. The topological polar surface area (TPSA) is 59.1 Å². The van der Waals surface area contributed by atoms with Crippen LogP contribution in [0.5, 0.6) is 5.75 Å². The second-order valence-electron chi connectivity index (χ2n) is 5.94. The lowest BCUT2D eigenvalue weighted by atomic mass is 10.1. The molecular weight excluding hydrogens is 296 g/mol. The molecule has 0 bridgehead atoms. The Hall–Kier alpha value is -1.92. The van der Waals surface area contributed by atoms with Crippen molar-refractivity contribution < 1.29 is 19.1 Å². The zero-order chi connectivity index (χ0) is 16.4. The molecule has 0 aromatic heterocycles. The van der Waals surface area contributed by atoms with Crippen molar-refractivity contribution in [2.45, 2.75) is 20.0 Å². The van der Waals surface area contributed by atoms with Gasteiger partial charge in [-0.15, -0.1) is 0 Å². The Kier molecular flexibility index (Phi) is 4.63. The van der Waals surface area contributed by atoms with Gasteiger partial charge in [-0.25, -0.2) is 0 Å². The molecule has 1 atom stereocenters. The van der Waals surface area contributed by atoms with E-state index in [1.54, 1.807) is 30.0 Å². The minimum absolute atomic E-state index is 0.0213. The molecule has 0 aliphatic carbocycles. The summed E-state index contributed by atoms with van der Waals surface area (Å²) in [7, 11) is 0. The van der Waals surface area contributed by atoms with Gasteiger partial charge in [0, 0.05) is 31.7 Å². The van der Waals surface area contributed by atoms with Gasteiger partial charge < -0.3 is 14.4 Å². The predicted octanol–water partition coefficient (Wildman–Crippen LogP) is 1.34. The monoisotopic (exact) mass is 318 g/mol. The third kappa shape index (κ3) is 3.38. The number of hydrogen-bond donors (Lipinski definition) is 0. The van der Waals surface area contributed by atoms with Crippen molar-refractivity contribution in [3.63, 3.8) is 0 Å². The number of nitrogens with zero attached hydrogens (tertiary/aromatic N) is 2. The predicted molar refractivity (Wildman–Crippen MR) is 86.1 cm³/mol. The van der Waals surface area contributed by atoms with Crippen LogP contribution in [-0.4, -0.2) is 62.1 Å². The lowest BCUT2D eigenvalue weighted by Gasteiger charge is -2.35. The second-order valence-corrected chi connectivity index (χ2v) is 5.94. The average Bonchev–Trinajstić information content (AvgIpc) is 2.56. The number of amides is 1. The molecule has 0 spiro atoms. The molecule has 2 aliphatic rings. The van der Waals surface area contributed by atoms with E-state index in [1.807, 2.05) is 0 Å². The molecule has 6 heteroatoms. The normalized spacial score (nSPS) is 21.7. The van der Waals surface area contributed by atoms with E-state index in [2.05, 4.69) is 4.90 Å². The van der Waals surface area contributed by atoms with Gasteiger partial charge in [-0.3, -0.25) is 14.5 Å². The van der Waals surface area contributed by atoms with Gasteiger partial charge in [0.25, 0.3) is 5.91 Å². The third-order valence-corrected chi connectivity index (χ3v) is 4.32. The summed E-state index contributed by atoms with van der Waals surface area (Å²) < 4.78 is 11.0. The largest absolute Gasteiger partial charge is 0.479 e. The number of Topliss-reactive ketones (excluding diaryl/α,β-unsaturated/α-hetero) is 1. The number of hydrogen-bond acceptors (Lipinski definition) is 5. The number of ether oxygens (including phenoxy) is 2. The standard InChI is InChI=1S/C17H22N2O4/c1-12(20)14-3-4-16-15(11-14)19(17(21)13(2)23-16)6-5-18-7-9-22-10-8-18/h3-4,11,13H,5-10H2,1-2H3. The smallest absolute Gasteiger partial charge is 0.267 e. The van der Waals surface area contributed by atoms with E-state index in [-0.39, 0.29) is 11.7 Å². The zero-order valence-electron chi connectivity index (χ0n) is 13.6. The molecular formula is C17H22N2O4. The van der Waals surface area contributed by atoms with Crippen molar-refractivity contribution in [1.29, 1.82) is 0 Å². The summed E-state index contributed by atoms with van der Waals surface area (Å²) in [4.78, 5) is 28.2. The minimum Gasteiger partial charge on any atom is -0.479 e. The Labute approximate surface area is 136 Å². The van der Waals surface area contributed by atoms with Crippen molar-refractivity contribution in [2.75, 3.05) is 44.3 Å². The molecule has 2 aliphatic heterocycles. The lowest BCUT2D eigenvalue weighted by molar-refractivity contribution is -0.125. The fourth-order valence-corrected chi connectivity index (χ4v) is 2.92. The summed E-state index contributed by atoms with van der Waals surface area (Å²) in [5.74, 6) is 0.572. The third-order valence-electron chi connectivity index (χ3n) is 4.32. The molecule has 0 N–H and O–H groups in total. The van der Waals surface area contributed by atoms with Gasteiger partial charge >= 0.3 is 0 Å². The van der Waals surface area contributed by atoms with Crippen LogP contribution in [0.3, 0.4) is 0 Å². The summed E-state index contributed by atoms with van der Waals surface area (Å²) in [6, 6.07) is 5.27. The summed E-state index contributed by atoms with van der Waals surface area (Å²) >= 11 is 0. The molecule has 2 heterocycles. The molecule has 23 heavy (non-hydrogen) atoms. The first-order valence-electron chi connectivity index (χ1n) is 7.99. The fourth-order valence-electron chi connectivity index (χ4n) is 2.92. The minimum atomic E-state index is -0.504. The molecule has 1 unspecified atom stereocenters. The highest BCUT2D eigenvalue weighted by atomic mass is 16.5. The van der Waals surface area contributed by atoms with Crippen LogP contribution in [0.15, 0.2) is 18.2 Å². The van der Waals surface area contributed by atoms with E-state index in [9.17, 15) is 9.59 Å². The lowest BCUT2D eigenvalue weighted by Crippen LogP contribution is -2.48. The maximum atomic E-state index is 12.5. The van der Waals surface area contributed by atoms with Gasteiger partial charge in [-0.1, -0.05) is 0 Å². The van der Waals surface area contributed by atoms with Crippen LogP contribution in [0.4, 0.5) is 5.69 Å². The number of fused-ring (bicyclic) bond motifs is 1. The Morgan fingerprint density at radius 3 is 2.70 bits per heavy atom. The molecule has 1 aromatic carbocycles. The summed E-state index contributed by atoms with van der Waals surface area (Å²) in [5.41, 5.74) is 1.28. The summed E-state index contributed by atoms with van der Waals surface area (Å²) in [6.07, 6.45) is -0.504.